The lowest BCUT2D eigenvalue weighted by atomic mass is 9.82. The van der Waals surface area contributed by atoms with Crippen molar-refractivity contribution in [1.29, 1.82) is 0 Å². The molecular weight excluding hydrogens is 508 g/mol. The number of methoxy groups -OCH3 is 1. The number of anilines is 1. The molecule has 2 aromatic carbocycles. The van der Waals surface area contributed by atoms with Gasteiger partial charge in [-0.15, -0.1) is 0 Å². The zero-order valence-corrected chi connectivity index (χ0v) is 23.0. The number of ether oxygens (including phenoxy) is 2. The fourth-order valence-corrected chi connectivity index (χ4v) is 4.49. The van der Waals surface area contributed by atoms with Gasteiger partial charge in [-0.05, 0) is 48.7 Å². The molecule has 0 bridgehead atoms. The highest BCUT2D eigenvalue weighted by atomic mass is 35.5. The third-order valence-electron chi connectivity index (χ3n) is 6.27. The number of halogens is 1. The first kappa shape index (κ1) is 29.2. The van der Waals surface area contributed by atoms with Crippen LogP contribution in [0, 0.1) is 5.41 Å². The summed E-state index contributed by atoms with van der Waals surface area (Å²) in [6.45, 7) is 4.15. The largest absolute Gasteiger partial charge is 0.467 e. The van der Waals surface area contributed by atoms with Crippen LogP contribution in [0.25, 0.3) is 5.69 Å². The summed E-state index contributed by atoms with van der Waals surface area (Å²) < 4.78 is 13.7. The molecule has 0 fully saturated rings. The number of carbonyl (C=O) groups excluding carboxylic acids is 2. The van der Waals surface area contributed by atoms with E-state index in [9.17, 15) is 14.4 Å². The van der Waals surface area contributed by atoms with E-state index in [1.54, 1.807) is 29.9 Å². The maximum Gasteiger partial charge on any atom is 0.295 e. The Kier molecular flexibility index (Phi) is 9.90. The van der Waals surface area contributed by atoms with Crippen LogP contribution in [0.2, 0.25) is 5.02 Å². The quantitative estimate of drug-likeness (QED) is 0.245. The van der Waals surface area contributed by atoms with E-state index in [0.717, 1.165) is 0 Å². The van der Waals surface area contributed by atoms with Gasteiger partial charge >= 0.3 is 0 Å². The monoisotopic (exact) mass is 542 g/mol. The number of rotatable bonds is 13. The van der Waals surface area contributed by atoms with Crippen molar-refractivity contribution in [1.82, 2.24) is 9.36 Å². The van der Waals surface area contributed by atoms with Gasteiger partial charge < -0.3 is 20.5 Å². The van der Waals surface area contributed by atoms with Crippen LogP contribution in [0.15, 0.2) is 53.3 Å². The second-order valence-electron chi connectivity index (χ2n) is 9.84. The minimum absolute atomic E-state index is 0.00514. The Labute approximate surface area is 227 Å². The molecule has 3 N–H and O–H groups in total. The number of ketones is 1. The van der Waals surface area contributed by atoms with E-state index in [2.05, 4.69) is 5.32 Å². The number of nitrogens with two attached hydrogens (primary N) is 1. The molecule has 0 aliphatic carbocycles. The number of para-hydroxylation sites is 1. The molecule has 0 aliphatic heterocycles. The molecule has 0 aliphatic rings. The Hall–Kier alpha value is -3.40. The standard InChI is InChI=1S/C28H35ClN4O5/c1-28(2,14-12-23(34)21-16-19(29)10-11-24(21)38-18-37-4)17-25(35)31-26-22(13-15-30)32(3)33(27(26)36)20-8-6-5-7-9-20/h5-11,16H,12-15,17-18,30H2,1-4H3,(H,31,35). The number of nitrogens with zero attached hydrogens (tertiary/aromatic N) is 2. The van der Waals surface area contributed by atoms with Crippen molar-refractivity contribution in [3.63, 3.8) is 0 Å². The van der Waals surface area contributed by atoms with Gasteiger partial charge in [-0.1, -0.05) is 43.6 Å². The van der Waals surface area contributed by atoms with Crippen LogP contribution in [0.1, 0.15) is 49.2 Å². The zero-order chi connectivity index (χ0) is 27.9. The summed E-state index contributed by atoms with van der Waals surface area (Å²) in [6, 6.07) is 14.1. The molecule has 204 valence electrons. The van der Waals surface area contributed by atoms with Gasteiger partial charge in [0, 0.05) is 38.4 Å². The molecule has 0 unspecified atom stereocenters. The number of amides is 1. The van der Waals surface area contributed by atoms with E-state index in [1.165, 1.54) is 11.8 Å². The molecule has 0 saturated heterocycles. The van der Waals surface area contributed by atoms with Crippen molar-refractivity contribution < 1.29 is 19.1 Å². The lowest BCUT2D eigenvalue weighted by Gasteiger charge is -2.23. The molecule has 0 saturated carbocycles. The second kappa shape index (κ2) is 12.9. The SMILES string of the molecule is COCOc1ccc(Cl)cc1C(=O)CCC(C)(C)CC(=O)Nc1c(CCN)n(C)n(-c2ccccc2)c1=O. The maximum atomic E-state index is 13.3. The molecule has 3 rings (SSSR count). The van der Waals surface area contributed by atoms with Crippen LogP contribution < -0.4 is 21.3 Å². The van der Waals surface area contributed by atoms with Crippen LogP contribution in [0.3, 0.4) is 0 Å². The lowest BCUT2D eigenvalue weighted by molar-refractivity contribution is -0.118. The predicted molar refractivity (Wildman–Crippen MR) is 148 cm³/mol. The van der Waals surface area contributed by atoms with Gasteiger partial charge in [-0.25, -0.2) is 4.68 Å². The number of hydrogen-bond donors (Lipinski definition) is 2. The Balaban J connectivity index is 1.72. The summed E-state index contributed by atoms with van der Waals surface area (Å²) in [4.78, 5) is 39.4. The smallest absolute Gasteiger partial charge is 0.295 e. The summed E-state index contributed by atoms with van der Waals surface area (Å²) in [7, 11) is 3.27. The van der Waals surface area contributed by atoms with E-state index >= 15 is 0 Å². The first-order valence-electron chi connectivity index (χ1n) is 12.4. The normalized spacial score (nSPS) is 11.4. The van der Waals surface area contributed by atoms with Crippen LogP contribution in [0.4, 0.5) is 5.69 Å². The lowest BCUT2D eigenvalue weighted by Crippen LogP contribution is -2.26. The average molecular weight is 543 g/mol. The van der Waals surface area contributed by atoms with Crippen molar-refractivity contribution >= 4 is 29.0 Å². The topological polar surface area (TPSA) is 118 Å². The van der Waals surface area contributed by atoms with Crippen molar-refractivity contribution in [2.45, 2.75) is 39.5 Å². The minimum atomic E-state index is -0.521. The van der Waals surface area contributed by atoms with Gasteiger partial charge in [0.15, 0.2) is 12.6 Å². The van der Waals surface area contributed by atoms with Gasteiger partial charge in [0.1, 0.15) is 11.4 Å². The van der Waals surface area contributed by atoms with Gasteiger partial charge in [0.25, 0.3) is 5.56 Å². The van der Waals surface area contributed by atoms with E-state index < -0.39 is 5.41 Å². The molecule has 3 aromatic rings. The van der Waals surface area contributed by atoms with Crippen molar-refractivity contribution in [3.05, 3.63) is 75.2 Å². The molecule has 10 heteroatoms. The maximum absolute atomic E-state index is 13.3. The molecule has 0 spiro atoms. The van der Waals surface area contributed by atoms with E-state index in [0.29, 0.717) is 47.1 Å². The summed E-state index contributed by atoms with van der Waals surface area (Å²) in [5.74, 6) is -0.0652. The first-order chi connectivity index (χ1) is 18.1. The second-order valence-corrected chi connectivity index (χ2v) is 10.3. The molecule has 9 nitrogen and oxygen atoms in total. The van der Waals surface area contributed by atoms with Crippen LogP contribution in [-0.4, -0.2) is 41.5 Å². The van der Waals surface area contributed by atoms with Gasteiger partial charge in [0.05, 0.1) is 16.9 Å². The van der Waals surface area contributed by atoms with Crippen molar-refractivity contribution in [2.24, 2.45) is 18.2 Å². The average Bonchev–Trinajstić information content (AvgIpc) is 3.10. The summed E-state index contributed by atoms with van der Waals surface area (Å²) in [6.07, 6.45) is 1.17. The highest BCUT2D eigenvalue weighted by Crippen LogP contribution is 2.31. The number of benzene rings is 2. The summed E-state index contributed by atoms with van der Waals surface area (Å²) >= 11 is 6.10. The number of aromatic nitrogens is 2. The molecule has 0 radical (unpaired) electrons. The van der Waals surface area contributed by atoms with E-state index in [1.807, 2.05) is 44.2 Å². The Bertz CT molecular complexity index is 1330. The molecule has 1 amide bonds. The van der Waals surface area contributed by atoms with Crippen molar-refractivity contribution in [3.8, 4) is 11.4 Å². The highest BCUT2D eigenvalue weighted by molar-refractivity contribution is 6.31. The number of nitrogens with one attached hydrogen (secondary N) is 1. The van der Waals surface area contributed by atoms with E-state index in [4.69, 9.17) is 26.8 Å². The molecule has 38 heavy (non-hydrogen) atoms. The summed E-state index contributed by atoms with van der Waals surface area (Å²) in [5, 5.41) is 3.25. The third kappa shape index (κ3) is 7.12. The molecular formula is C28H35ClN4O5. The van der Waals surface area contributed by atoms with E-state index in [-0.39, 0.29) is 42.6 Å². The number of hydrogen-bond acceptors (Lipinski definition) is 6. The fraction of sp³-hybridized carbons (Fsp3) is 0.393. The Morgan fingerprint density at radius 1 is 1.13 bits per heavy atom. The first-order valence-corrected chi connectivity index (χ1v) is 12.8. The van der Waals surface area contributed by atoms with Crippen molar-refractivity contribution in [2.75, 3.05) is 25.8 Å². The Morgan fingerprint density at radius 2 is 1.84 bits per heavy atom. The molecule has 0 atom stereocenters. The fourth-order valence-electron chi connectivity index (χ4n) is 4.32. The van der Waals surface area contributed by atoms with Gasteiger partial charge in [-0.2, -0.15) is 0 Å². The zero-order valence-electron chi connectivity index (χ0n) is 22.3. The molecule has 1 heterocycles. The molecule has 1 aromatic heterocycles. The minimum Gasteiger partial charge on any atom is -0.467 e. The summed E-state index contributed by atoms with van der Waals surface area (Å²) in [5.41, 5.74) is 6.87. The number of Topliss-reactive ketones (excluding diaryl/α,β-unsaturated/α-hetero) is 1. The van der Waals surface area contributed by atoms with Gasteiger partial charge in [-0.3, -0.25) is 19.1 Å². The Morgan fingerprint density at radius 3 is 2.50 bits per heavy atom. The predicted octanol–water partition coefficient (Wildman–Crippen LogP) is 4.33. The van der Waals surface area contributed by atoms with Crippen LogP contribution in [-0.2, 0) is 23.0 Å². The number of carbonyl (C=O) groups is 2. The third-order valence-corrected chi connectivity index (χ3v) is 6.51. The van der Waals surface area contributed by atoms with Crippen LogP contribution >= 0.6 is 11.6 Å². The highest BCUT2D eigenvalue weighted by Gasteiger charge is 2.27. The van der Waals surface area contributed by atoms with Crippen LogP contribution in [0.5, 0.6) is 5.75 Å². The van der Waals surface area contributed by atoms with Gasteiger partial charge in [0.2, 0.25) is 5.91 Å².